The average Bonchev–Trinajstić information content (AvgIpc) is 1.63. The molecule has 0 aliphatic rings. The molecule has 3 heteroatoms. The molecule has 0 atom stereocenters. The Hall–Kier alpha value is 0.657. The van der Waals surface area contributed by atoms with Gasteiger partial charge >= 0.3 is 0 Å². The number of rotatable bonds is 3. The highest BCUT2D eigenvalue weighted by Gasteiger charge is 2.21. The van der Waals surface area contributed by atoms with Crippen molar-refractivity contribution in [3.8, 4) is 0 Å². The van der Waals surface area contributed by atoms with Crippen LogP contribution in [0.25, 0.3) is 0 Å². The fourth-order valence-electron chi connectivity index (χ4n) is 0.670. The van der Waals surface area contributed by atoms with Crippen molar-refractivity contribution in [1.82, 2.24) is 0 Å². The third-order valence-corrected chi connectivity index (χ3v) is 6.68. The van der Waals surface area contributed by atoms with E-state index < -0.39 is 8.32 Å². The maximum Gasteiger partial charge on any atom is 0.197 e. The fourth-order valence-corrected chi connectivity index (χ4v) is 2.41. The van der Waals surface area contributed by atoms with E-state index in [1.165, 1.54) is 0 Å². The van der Waals surface area contributed by atoms with E-state index in [-0.39, 0.29) is 0 Å². The van der Waals surface area contributed by atoms with Crippen LogP contribution in [0, 0.1) is 0 Å². The lowest BCUT2D eigenvalue weighted by Gasteiger charge is -2.22. The lowest BCUT2D eigenvalue weighted by Crippen LogP contribution is -2.35. The summed E-state index contributed by atoms with van der Waals surface area (Å²) in [5, 5.41) is 0. The zero-order chi connectivity index (χ0) is 7.49. The molecule has 0 aromatic carbocycles. The van der Waals surface area contributed by atoms with Crippen molar-refractivity contribution in [1.29, 1.82) is 0 Å². The van der Waals surface area contributed by atoms with Crippen LogP contribution in [0.5, 0.6) is 0 Å². The minimum Gasteiger partial charge on any atom is -0.414 e. The van der Waals surface area contributed by atoms with Gasteiger partial charge in [0.15, 0.2) is 8.32 Å². The van der Waals surface area contributed by atoms with E-state index in [0.29, 0.717) is 6.10 Å². The Labute approximate surface area is 67.0 Å². The zero-order valence-electron chi connectivity index (χ0n) is 6.57. The molecule has 1 nitrogen and oxygen atoms in total. The molecular weight excluding hydrogens is 196 g/mol. The van der Waals surface area contributed by atoms with Crippen molar-refractivity contribution in [2.45, 2.75) is 33.0 Å². The molecule has 0 amide bonds. The van der Waals surface area contributed by atoms with Crippen molar-refractivity contribution < 1.29 is 4.43 Å². The van der Waals surface area contributed by atoms with Crippen LogP contribution < -0.4 is 0 Å². The predicted octanol–water partition coefficient (Wildman–Crippen LogP) is 2.55. The molecule has 0 N–H and O–H groups in total. The largest absolute Gasteiger partial charge is 0.414 e. The van der Waals surface area contributed by atoms with Gasteiger partial charge in [0.25, 0.3) is 0 Å². The molecule has 0 aromatic rings. The van der Waals surface area contributed by atoms with Crippen molar-refractivity contribution in [3.63, 3.8) is 0 Å². The first-order valence-electron chi connectivity index (χ1n) is 3.22. The lowest BCUT2D eigenvalue weighted by molar-refractivity contribution is 0.234. The minimum atomic E-state index is -1.32. The lowest BCUT2D eigenvalue weighted by atomic mass is 10.5. The third-order valence-electron chi connectivity index (χ3n) is 0.877. The average molecular weight is 211 g/mol. The summed E-state index contributed by atoms with van der Waals surface area (Å²) in [6, 6.07) is 0. The van der Waals surface area contributed by atoms with E-state index in [4.69, 9.17) is 4.43 Å². The number of hydrogen-bond donors (Lipinski definition) is 0. The van der Waals surface area contributed by atoms with Crippen LogP contribution >= 0.6 is 15.9 Å². The van der Waals surface area contributed by atoms with Crippen molar-refractivity contribution in [2.24, 2.45) is 0 Å². The molecule has 0 fully saturated rings. The summed E-state index contributed by atoms with van der Waals surface area (Å²) in [5.41, 5.74) is 0. The van der Waals surface area contributed by atoms with E-state index in [9.17, 15) is 0 Å². The summed E-state index contributed by atoms with van der Waals surface area (Å²) in [5.74, 6) is 0. The number of hydrogen-bond acceptors (Lipinski definition) is 1. The van der Waals surface area contributed by atoms with Gasteiger partial charge in [0, 0.05) is 11.1 Å². The normalized spacial score (nSPS) is 12.7. The fraction of sp³-hybridized carbons (Fsp3) is 1.00. The Balaban J connectivity index is 3.58. The molecule has 0 aromatic heterocycles. The quantitative estimate of drug-likeness (QED) is 0.515. The molecule has 0 heterocycles. The van der Waals surface area contributed by atoms with E-state index >= 15 is 0 Å². The highest BCUT2D eigenvalue weighted by Crippen LogP contribution is 2.09. The molecule has 0 spiro atoms. The second-order valence-electron chi connectivity index (χ2n) is 3.06. The Kier molecular flexibility index (Phi) is 4.01. The maximum absolute atomic E-state index is 5.68. The van der Waals surface area contributed by atoms with Crippen LogP contribution in [0.4, 0.5) is 0 Å². The first-order valence-corrected chi connectivity index (χ1v) is 7.45. The summed E-state index contributed by atoms with van der Waals surface area (Å²) in [6.45, 7) is 8.58. The van der Waals surface area contributed by atoms with E-state index in [1.54, 1.807) is 0 Å². The molecule has 0 aliphatic heterocycles. The first-order chi connectivity index (χ1) is 3.98. The second-order valence-corrected chi connectivity index (χ2v) is 8.76. The van der Waals surface area contributed by atoms with Crippen molar-refractivity contribution in [3.05, 3.63) is 0 Å². The molecule has 0 unspecified atom stereocenters. The van der Waals surface area contributed by atoms with Crippen LogP contribution in [-0.2, 0) is 4.43 Å². The van der Waals surface area contributed by atoms with Gasteiger partial charge < -0.3 is 4.43 Å². The molecule has 56 valence electrons. The van der Waals surface area contributed by atoms with Gasteiger partial charge in [0.2, 0.25) is 0 Å². The highest BCUT2D eigenvalue weighted by atomic mass is 79.9. The molecule has 0 saturated heterocycles. The van der Waals surface area contributed by atoms with E-state index in [0.717, 1.165) is 4.95 Å². The Morgan fingerprint density at radius 2 is 1.89 bits per heavy atom. The molecular formula is C6H15BrOSi. The second kappa shape index (κ2) is 3.74. The van der Waals surface area contributed by atoms with E-state index in [2.05, 4.69) is 42.9 Å². The van der Waals surface area contributed by atoms with Gasteiger partial charge in [0.1, 0.15) is 0 Å². The molecule has 0 rings (SSSR count). The first kappa shape index (κ1) is 9.66. The van der Waals surface area contributed by atoms with Gasteiger partial charge in [-0.3, -0.25) is 0 Å². The molecule has 0 aliphatic carbocycles. The van der Waals surface area contributed by atoms with Crippen molar-refractivity contribution >= 4 is 24.2 Å². The topological polar surface area (TPSA) is 9.23 Å². The Bertz CT molecular complexity index is 83.1. The summed E-state index contributed by atoms with van der Waals surface area (Å²) in [7, 11) is -1.32. The molecule has 9 heavy (non-hydrogen) atoms. The highest BCUT2D eigenvalue weighted by molar-refractivity contribution is 9.09. The number of alkyl halides is 1. The maximum atomic E-state index is 5.68. The Morgan fingerprint density at radius 1 is 1.44 bits per heavy atom. The number of halogens is 1. The molecule has 0 bridgehead atoms. The smallest absolute Gasteiger partial charge is 0.197 e. The Morgan fingerprint density at radius 3 is 2.00 bits per heavy atom. The van der Waals surface area contributed by atoms with Crippen LogP contribution in [0.3, 0.4) is 0 Å². The van der Waals surface area contributed by atoms with Gasteiger partial charge in [-0.25, -0.2) is 0 Å². The van der Waals surface area contributed by atoms with Gasteiger partial charge in [-0.1, -0.05) is 15.9 Å². The van der Waals surface area contributed by atoms with Crippen LogP contribution in [0.1, 0.15) is 13.8 Å². The van der Waals surface area contributed by atoms with Crippen molar-refractivity contribution in [2.75, 3.05) is 4.95 Å². The van der Waals surface area contributed by atoms with Gasteiger partial charge in [0.05, 0.1) is 0 Å². The van der Waals surface area contributed by atoms with Gasteiger partial charge in [-0.05, 0) is 26.9 Å². The standard InChI is InChI=1S/C6H15BrOSi/c1-6(2)8-9(3,4)5-7/h6H,5H2,1-4H3. The predicted molar refractivity (Wildman–Crippen MR) is 47.5 cm³/mol. The van der Waals surface area contributed by atoms with Crippen LogP contribution in [0.15, 0.2) is 0 Å². The van der Waals surface area contributed by atoms with Gasteiger partial charge in [-0.2, -0.15) is 0 Å². The third kappa shape index (κ3) is 5.12. The van der Waals surface area contributed by atoms with Crippen LogP contribution in [0.2, 0.25) is 13.1 Å². The summed E-state index contributed by atoms with van der Waals surface area (Å²) in [4.78, 5) is 1.03. The van der Waals surface area contributed by atoms with Crippen LogP contribution in [-0.4, -0.2) is 19.4 Å². The SMILES string of the molecule is CC(C)O[Si](C)(C)CBr. The van der Waals surface area contributed by atoms with Gasteiger partial charge in [-0.15, -0.1) is 0 Å². The summed E-state index contributed by atoms with van der Waals surface area (Å²) < 4.78 is 5.68. The summed E-state index contributed by atoms with van der Waals surface area (Å²) in [6.07, 6.45) is 0.379. The molecule has 0 radical (unpaired) electrons. The summed E-state index contributed by atoms with van der Waals surface area (Å²) >= 11 is 3.44. The van der Waals surface area contributed by atoms with E-state index in [1.807, 2.05) is 0 Å². The monoisotopic (exact) mass is 210 g/mol. The molecule has 0 saturated carbocycles. The zero-order valence-corrected chi connectivity index (χ0v) is 9.16. The minimum absolute atomic E-state index is 0.379.